The average molecular weight is 450 g/mol. The van der Waals surface area contributed by atoms with Gasteiger partial charge in [-0.3, -0.25) is 0 Å². The molecule has 4 aromatic rings. The molecular formula is C22H20ClN7O2. The topological polar surface area (TPSA) is 109 Å². The van der Waals surface area contributed by atoms with Gasteiger partial charge < -0.3 is 19.8 Å². The van der Waals surface area contributed by atoms with Crippen molar-refractivity contribution < 1.29 is 9.15 Å². The van der Waals surface area contributed by atoms with Crippen molar-refractivity contribution in [1.82, 2.24) is 15.0 Å². The molecule has 0 aliphatic heterocycles. The van der Waals surface area contributed by atoms with E-state index in [1.54, 1.807) is 25.7 Å². The Morgan fingerprint density at radius 1 is 0.969 bits per heavy atom. The van der Waals surface area contributed by atoms with Crippen LogP contribution in [0.15, 0.2) is 76.4 Å². The number of rotatable bonds is 9. The van der Waals surface area contributed by atoms with Gasteiger partial charge >= 0.3 is 0 Å². The van der Waals surface area contributed by atoms with Crippen LogP contribution in [0.25, 0.3) is 0 Å². The molecule has 162 valence electrons. The van der Waals surface area contributed by atoms with Crippen LogP contribution in [0.5, 0.6) is 5.75 Å². The molecule has 3 N–H and O–H groups in total. The van der Waals surface area contributed by atoms with E-state index in [4.69, 9.17) is 20.8 Å². The molecular weight excluding hydrogens is 430 g/mol. The third-order valence-electron chi connectivity index (χ3n) is 4.26. The molecule has 0 aliphatic rings. The van der Waals surface area contributed by atoms with E-state index in [-0.39, 0.29) is 5.95 Å². The lowest BCUT2D eigenvalue weighted by Gasteiger charge is -2.10. The van der Waals surface area contributed by atoms with Crippen LogP contribution in [-0.4, -0.2) is 28.3 Å². The lowest BCUT2D eigenvalue weighted by atomic mass is 10.2. The van der Waals surface area contributed by atoms with Gasteiger partial charge in [0.1, 0.15) is 11.5 Å². The van der Waals surface area contributed by atoms with Gasteiger partial charge in [-0.1, -0.05) is 29.8 Å². The zero-order valence-electron chi connectivity index (χ0n) is 17.1. The highest BCUT2D eigenvalue weighted by molar-refractivity contribution is 6.33. The van der Waals surface area contributed by atoms with Crippen LogP contribution in [0.4, 0.5) is 23.5 Å². The highest BCUT2D eigenvalue weighted by Crippen LogP contribution is 2.20. The lowest BCUT2D eigenvalue weighted by Crippen LogP contribution is -2.09. The smallest absolute Gasteiger partial charge is 0.250 e. The first-order chi connectivity index (χ1) is 15.7. The van der Waals surface area contributed by atoms with Gasteiger partial charge in [0.05, 0.1) is 26.1 Å². The summed E-state index contributed by atoms with van der Waals surface area (Å²) in [4.78, 5) is 13.2. The van der Waals surface area contributed by atoms with E-state index >= 15 is 0 Å². The maximum absolute atomic E-state index is 6.16. The monoisotopic (exact) mass is 449 g/mol. The molecule has 0 amide bonds. The first-order valence-electron chi connectivity index (χ1n) is 9.66. The highest BCUT2D eigenvalue weighted by Gasteiger charge is 2.08. The minimum Gasteiger partial charge on any atom is -0.497 e. The first-order valence-corrected chi connectivity index (χ1v) is 10.0. The number of hydrogen-bond acceptors (Lipinski definition) is 9. The number of benzene rings is 2. The molecule has 32 heavy (non-hydrogen) atoms. The predicted octanol–water partition coefficient (Wildman–Crippen LogP) is 4.93. The molecule has 0 saturated heterocycles. The summed E-state index contributed by atoms with van der Waals surface area (Å²) in [5.41, 5.74) is 4.38. The van der Waals surface area contributed by atoms with E-state index in [2.05, 4.69) is 36.1 Å². The van der Waals surface area contributed by atoms with Crippen molar-refractivity contribution in [2.75, 3.05) is 23.2 Å². The molecule has 0 saturated carbocycles. The number of halogens is 1. The van der Waals surface area contributed by atoms with E-state index < -0.39 is 0 Å². The number of anilines is 4. The molecule has 0 radical (unpaired) electrons. The zero-order chi connectivity index (χ0) is 22.2. The van der Waals surface area contributed by atoms with Crippen LogP contribution in [0.1, 0.15) is 11.3 Å². The summed E-state index contributed by atoms with van der Waals surface area (Å²) in [5.74, 6) is 2.44. The maximum Gasteiger partial charge on any atom is 0.250 e. The van der Waals surface area contributed by atoms with Gasteiger partial charge in [-0.2, -0.15) is 20.1 Å². The highest BCUT2D eigenvalue weighted by atomic mass is 35.5. The number of furan rings is 1. The second kappa shape index (κ2) is 10.3. The van der Waals surface area contributed by atoms with Gasteiger partial charge in [-0.25, -0.2) is 5.43 Å². The third-order valence-corrected chi connectivity index (χ3v) is 4.60. The number of aromatic nitrogens is 3. The van der Waals surface area contributed by atoms with Crippen LogP contribution >= 0.6 is 11.6 Å². The fourth-order valence-corrected chi connectivity index (χ4v) is 2.87. The van der Waals surface area contributed by atoms with Crippen LogP contribution < -0.4 is 20.8 Å². The van der Waals surface area contributed by atoms with E-state index in [1.165, 1.54) is 0 Å². The van der Waals surface area contributed by atoms with Gasteiger partial charge in [0, 0.05) is 16.3 Å². The van der Waals surface area contributed by atoms with Crippen molar-refractivity contribution in [3.63, 3.8) is 0 Å². The van der Waals surface area contributed by atoms with E-state index in [1.807, 2.05) is 54.6 Å². The second-order valence-electron chi connectivity index (χ2n) is 6.48. The summed E-state index contributed by atoms with van der Waals surface area (Å²) < 4.78 is 10.5. The number of nitrogens with zero attached hydrogens (tertiary/aromatic N) is 4. The Kier molecular flexibility index (Phi) is 6.78. The minimum absolute atomic E-state index is 0.251. The predicted molar refractivity (Wildman–Crippen MR) is 125 cm³/mol. The Hall–Kier alpha value is -4.11. The average Bonchev–Trinajstić information content (AvgIpc) is 3.33. The number of nitrogens with one attached hydrogen (secondary N) is 3. The van der Waals surface area contributed by atoms with E-state index in [0.717, 1.165) is 22.8 Å². The summed E-state index contributed by atoms with van der Waals surface area (Å²) in [5, 5.41) is 11.1. The molecule has 0 aliphatic carbocycles. The number of methoxy groups -OCH3 is 1. The second-order valence-corrected chi connectivity index (χ2v) is 6.89. The standard InChI is InChI=1S/C22H20ClN7O2/c1-31-17-10-8-16(9-11-17)26-21-27-20(24-14-18-6-4-12-32-18)28-22(29-21)30-25-13-15-5-2-3-7-19(15)23/h2-13H,14H2,1H3,(H3,24,26,27,28,29,30). The Labute approximate surface area is 189 Å². The molecule has 9 nitrogen and oxygen atoms in total. The normalized spacial score (nSPS) is 10.8. The third kappa shape index (κ3) is 5.73. The van der Waals surface area contributed by atoms with Crippen molar-refractivity contribution in [2.45, 2.75) is 6.54 Å². The van der Waals surface area contributed by atoms with E-state index in [0.29, 0.717) is 23.5 Å². The van der Waals surface area contributed by atoms with Crippen LogP contribution in [0.2, 0.25) is 5.02 Å². The van der Waals surface area contributed by atoms with E-state index in [9.17, 15) is 0 Å². The van der Waals surface area contributed by atoms with Crippen molar-refractivity contribution in [3.05, 3.63) is 83.3 Å². The Balaban J connectivity index is 1.53. The van der Waals surface area contributed by atoms with Crippen molar-refractivity contribution in [2.24, 2.45) is 5.10 Å². The summed E-state index contributed by atoms with van der Waals surface area (Å²) in [6, 6.07) is 18.5. The molecule has 2 aromatic heterocycles. The molecule has 0 fully saturated rings. The fourth-order valence-electron chi connectivity index (χ4n) is 2.68. The Bertz CT molecular complexity index is 1180. The Morgan fingerprint density at radius 2 is 1.75 bits per heavy atom. The SMILES string of the molecule is COc1ccc(Nc2nc(NCc3ccco3)nc(NN=Cc3ccccc3Cl)n2)cc1. The molecule has 2 heterocycles. The molecule has 0 unspecified atom stereocenters. The minimum atomic E-state index is 0.251. The van der Waals surface area contributed by atoms with Gasteiger partial charge in [0.2, 0.25) is 17.8 Å². The number of hydrazone groups is 1. The largest absolute Gasteiger partial charge is 0.497 e. The van der Waals surface area contributed by atoms with Crippen LogP contribution in [-0.2, 0) is 6.54 Å². The Morgan fingerprint density at radius 3 is 2.50 bits per heavy atom. The summed E-state index contributed by atoms with van der Waals surface area (Å²) >= 11 is 6.16. The number of hydrogen-bond donors (Lipinski definition) is 3. The maximum atomic E-state index is 6.16. The van der Waals surface area contributed by atoms with Crippen molar-refractivity contribution in [3.8, 4) is 5.75 Å². The van der Waals surface area contributed by atoms with Crippen molar-refractivity contribution in [1.29, 1.82) is 0 Å². The van der Waals surface area contributed by atoms with Gasteiger partial charge in [0.15, 0.2) is 0 Å². The molecule has 4 rings (SSSR count). The van der Waals surface area contributed by atoms with Crippen molar-refractivity contribution >= 4 is 41.3 Å². The molecule has 0 bridgehead atoms. The number of ether oxygens (including phenoxy) is 1. The quantitative estimate of drug-likeness (QED) is 0.244. The molecule has 0 spiro atoms. The van der Waals surface area contributed by atoms with Gasteiger partial charge in [0.25, 0.3) is 0 Å². The summed E-state index contributed by atoms with van der Waals surface area (Å²) in [6.07, 6.45) is 3.20. The summed E-state index contributed by atoms with van der Waals surface area (Å²) in [7, 11) is 1.62. The summed E-state index contributed by atoms with van der Waals surface area (Å²) in [6.45, 7) is 0.418. The molecule has 2 aromatic carbocycles. The van der Waals surface area contributed by atoms with Crippen LogP contribution in [0.3, 0.4) is 0 Å². The molecule has 0 atom stereocenters. The zero-order valence-corrected chi connectivity index (χ0v) is 17.9. The first kappa shape index (κ1) is 21.1. The lowest BCUT2D eigenvalue weighted by molar-refractivity contribution is 0.415. The van der Waals surface area contributed by atoms with Gasteiger partial charge in [-0.15, -0.1) is 0 Å². The molecule has 10 heteroatoms. The van der Waals surface area contributed by atoms with Crippen LogP contribution in [0, 0.1) is 0 Å². The van der Waals surface area contributed by atoms with Gasteiger partial charge in [-0.05, 0) is 42.5 Å². The fraction of sp³-hybridized carbons (Fsp3) is 0.0909.